The molecule has 6 heteroatoms. The minimum atomic E-state index is 0.502. The highest BCUT2D eigenvalue weighted by molar-refractivity contribution is 5.46. The van der Waals surface area contributed by atoms with Crippen LogP contribution in [0.3, 0.4) is 0 Å². The highest BCUT2D eigenvalue weighted by Gasteiger charge is 2.29. The minimum Gasteiger partial charge on any atom is -0.378 e. The van der Waals surface area contributed by atoms with E-state index >= 15 is 0 Å². The maximum absolute atomic E-state index is 5.86. The molecule has 0 bridgehead atoms. The second-order valence-electron chi connectivity index (χ2n) is 6.31. The Morgan fingerprint density at radius 3 is 2.77 bits per heavy atom. The summed E-state index contributed by atoms with van der Waals surface area (Å²) in [4.78, 5) is 2.38. The molecule has 0 spiro atoms. The Morgan fingerprint density at radius 2 is 2.05 bits per heavy atom. The predicted molar refractivity (Wildman–Crippen MR) is 84.1 cm³/mol. The number of aryl methyl sites for hydroxylation is 1. The van der Waals surface area contributed by atoms with Gasteiger partial charge in [0.1, 0.15) is 5.82 Å². The third kappa shape index (κ3) is 2.45. The molecule has 2 aromatic heterocycles. The average Bonchev–Trinajstić information content (AvgIpc) is 3.24. The molecule has 2 aromatic rings. The van der Waals surface area contributed by atoms with E-state index in [0.717, 1.165) is 49.3 Å². The predicted octanol–water partition coefficient (Wildman–Crippen LogP) is 2.08. The van der Waals surface area contributed by atoms with Gasteiger partial charge in [0, 0.05) is 26.1 Å². The molecule has 0 N–H and O–H groups in total. The summed E-state index contributed by atoms with van der Waals surface area (Å²) in [5.74, 6) is 2.68. The lowest BCUT2D eigenvalue weighted by molar-refractivity contribution is 0.0531. The van der Waals surface area contributed by atoms with Crippen LogP contribution in [0.25, 0.3) is 5.65 Å². The molecule has 0 aliphatic carbocycles. The van der Waals surface area contributed by atoms with E-state index in [1.807, 2.05) is 10.6 Å². The van der Waals surface area contributed by atoms with Crippen molar-refractivity contribution in [3.63, 3.8) is 0 Å². The molecule has 22 heavy (non-hydrogen) atoms. The summed E-state index contributed by atoms with van der Waals surface area (Å²) in [7, 11) is 0. The highest BCUT2D eigenvalue weighted by atomic mass is 16.5. The van der Waals surface area contributed by atoms with Crippen molar-refractivity contribution in [1.82, 2.24) is 19.8 Å². The number of aromatic nitrogens is 4. The van der Waals surface area contributed by atoms with Crippen molar-refractivity contribution in [3.05, 3.63) is 18.0 Å². The number of hydrogen-bond acceptors (Lipinski definition) is 5. The summed E-state index contributed by atoms with van der Waals surface area (Å²) in [5.41, 5.74) is 0.829. The van der Waals surface area contributed by atoms with E-state index in [0.29, 0.717) is 6.10 Å². The van der Waals surface area contributed by atoms with Gasteiger partial charge in [-0.05, 0) is 43.7 Å². The van der Waals surface area contributed by atoms with Gasteiger partial charge in [-0.1, -0.05) is 6.92 Å². The van der Waals surface area contributed by atoms with E-state index < -0.39 is 0 Å². The zero-order valence-electron chi connectivity index (χ0n) is 13.1. The van der Waals surface area contributed by atoms with Gasteiger partial charge < -0.3 is 9.64 Å². The molecule has 6 nitrogen and oxygen atoms in total. The van der Waals surface area contributed by atoms with Crippen molar-refractivity contribution in [2.24, 2.45) is 5.92 Å². The van der Waals surface area contributed by atoms with E-state index in [1.54, 1.807) is 0 Å². The molecular formula is C16H23N5O. The fourth-order valence-electron chi connectivity index (χ4n) is 3.69. The van der Waals surface area contributed by atoms with Gasteiger partial charge in [0.15, 0.2) is 11.5 Å². The molecule has 4 heterocycles. The van der Waals surface area contributed by atoms with E-state index in [2.05, 4.69) is 28.1 Å². The Hall–Kier alpha value is -1.69. The molecule has 0 amide bonds. The summed E-state index contributed by atoms with van der Waals surface area (Å²) in [5, 5.41) is 13.1. The Kier molecular flexibility index (Phi) is 3.70. The first-order chi connectivity index (χ1) is 10.8. The van der Waals surface area contributed by atoms with Crippen molar-refractivity contribution in [3.8, 4) is 0 Å². The SMILES string of the molecule is CCc1nnc2ccc(N3CCC(C4CCCO4)CC3)nn12. The molecule has 4 rings (SSSR count). The molecule has 2 aliphatic rings. The standard InChI is InChI=1S/C16H23N5O/c1-2-14-17-18-15-5-6-16(19-21(14)15)20-9-7-12(8-10-20)13-4-3-11-22-13/h5-6,12-13H,2-4,7-11H2,1H3. The summed E-state index contributed by atoms with van der Waals surface area (Å²) in [6.45, 7) is 5.16. The largest absolute Gasteiger partial charge is 0.378 e. The number of piperidine rings is 1. The Balaban J connectivity index is 1.48. The lowest BCUT2D eigenvalue weighted by atomic mass is 9.90. The van der Waals surface area contributed by atoms with E-state index in [1.165, 1.54) is 25.7 Å². The Morgan fingerprint density at radius 1 is 1.18 bits per heavy atom. The Labute approximate surface area is 130 Å². The topological polar surface area (TPSA) is 55.5 Å². The van der Waals surface area contributed by atoms with Crippen LogP contribution >= 0.6 is 0 Å². The third-order valence-corrected chi connectivity index (χ3v) is 4.98. The molecular weight excluding hydrogens is 278 g/mol. The third-order valence-electron chi connectivity index (χ3n) is 4.98. The number of hydrogen-bond donors (Lipinski definition) is 0. The van der Waals surface area contributed by atoms with Crippen molar-refractivity contribution < 1.29 is 4.74 Å². The summed E-state index contributed by atoms with van der Waals surface area (Å²) >= 11 is 0. The van der Waals surface area contributed by atoms with Crippen LogP contribution in [0.5, 0.6) is 0 Å². The lowest BCUT2D eigenvalue weighted by Gasteiger charge is -2.34. The number of ether oxygens (including phenoxy) is 1. The van der Waals surface area contributed by atoms with Crippen LogP contribution < -0.4 is 4.90 Å². The summed E-state index contributed by atoms with van der Waals surface area (Å²) < 4.78 is 7.73. The lowest BCUT2D eigenvalue weighted by Crippen LogP contribution is -2.38. The van der Waals surface area contributed by atoms with Gasteiger partial charge in [-0.15, -0.1) is 15.3 Å². The first kappa shape index (κ1) is 13.9. The van der Waals surface area contributed by atoms with Crippen LogP contribution in [0, 0.1) is 5.92 Å². The van der Waals surface area contributed by atoms with Crippen LogP contribution in [-0.2, 0) is 11.2 Å². The molecule has 0 radical (unpaired) electrons. The molecule has 2 saturated heterocycles. The number of fused-ring (bicyclic) bond motifs is 1. The van der Waals surface area contributed by atoms with Gasteiger partial charge >= 0.3 is 0 Å². The van der Waals surface area contributed by atoms with Crippen molar-refractivity contribution in [2.75, 3.05) is 24.6 Å². The van der Waals surface area contributed by atoms with Gasteiger partial charge in [-0.25, -0.2) is 0 Å². The summed E-state index contributed by atoms with van der Waals surface area (Å²) in [6.07, 6.45) is 6.23. The van der Waals surface area contributed by atoms with Gasteiger partial charge in [0.05, 0.1) is 6.10 Å². The second kappa shape index (κ2) is 5.83. The first-order valence-corrected chi connectivity index (χ1v) is 8.43. The first-order valence-electron chi connectivity index (χ1n) is 8.43. The smallest absolute Gasteiger partial charge is 0.178 e. The Bertz CT molecular complexity index is 641. The van der Waals surface area contributed by atoms with Gasteiger partial charge in [0.2, 0.25) is 0 Å². The van der Waals surface area contributed by atoms with Crippen LogP contribution in [0.15, 0.2) is 12.1 Å². The maximum Gasteiger partial charge on any atom is 0.178 e. The fourth-order valence-corrected chi connectivity index (χ4v) is 3.69. The fraction of sp³-hybridized carbons (Fsp3) is 0.688. The average molecular weight is 301 g/mol. The number of anilines is 1. The zero-order valence-corrected chi connectivity index (χ0v) is 13.1. The van der Waals surface area contributed by atoms with Gasteiger partial charge in [0.25, 0.3) is 0 Å². The molecule has 1 atom stereocenters. The van der Waals surface area contributed by atoms with Crippen molar-refractivity contribution in [2.45, 2.75) is 45.1 Å². The highest BCUT2D eigenvalue weighted by Crippen LogP contribution is 2.30. The van der Waals surface area contributed by atoms with Crippen molar-refractivity contribution in [1.29, 1.82) is 0 Å². The van der Waals surface area contributed by atoms with Crippen LogP contribution in [0.4, 0.5) is 5.82 Å². The second-order valence-corrected chi connectivity index (χ2v) is 6.31. The van der Waals surface area contributed by atoms with Gasteiger partial charge in [-0.2, -0.15) is 4.52 Å². The zero-order chi connectivity index (χ0) is 14.9. The van der Waals surface area contributed by atoms with E-state index in [9.17, 15) is 0 Å². The molecule has 0 saturated carbocycles. The van der Waals surface area contributed by atoms with E-state index in [-0.39, 0.29) is 0 Å². The molecule has 0 aromatic carbocycles. The molecule has 2 fully saturated rings. The van der Waals surface area contributed by atoms with E-state index in [4.69, 9.17) is 9.84 Å². The normalized spacial score (nSPS) is 23.5. The van der Waals surface area contributed by atoms with Crippen molar-refractivity contribution >= 4 is 11.5 Å². The molecule has 118 valence electrons. The molecule has 1 unspecified atom stereocenters. The van der Waals surface area contributed by atoms with Crippen LogP contribution in [0.2, 0.25) is 0 Å². The summed E-state index contributed by atoms with van der Waals surface area (Å²) in [6, 6.07) is 4.08. The minimum absolute atomic E-state index is 0.502. The molecule has 2 aliphatic heterocycles. The maximum atomic E-state index is 5.86. The number of nitrogens with zero attached hydrogens (tertiary/aromatic N) is 5. The van der Waals surface area contributed by atoms with Gasteiger partial charge in [-0.3, -0.25) is 0 Å². The van der Waals surface area contributed by atoms with Crippen LogP contribution in [0.1, 0.15) is 38.4 Å². The van der Waals surface area contributed by atoms with Crippen LogP contribution in [-0.4, -0.2) is 45.6 Å². The number of rotatable bonds is 3. The monoisotopic (exact) mass is 301 g/mol. The quantitative estimate of drug-likeness (QED) is 0.869.